The van der Waals surface area contributed by atoms with E-state index in [0.717, 1.165) is 86.8 Å². The van der Waals surface area contributed by atoms with Gasteiger partial charge < -0.3 is 15.3 Å². The Balaban J connectivity index is 1.12. The first kappa shape index (κ1) is 20.5. The van der Waals surface area contributed by atoms with E-state index in [4.69, 9.17) is 21.6 Å². The lowest BCUT2D eigenvalue weighted by Gasteiger charge is -2.58. The van der Waals surface area contributed by atoms with E-state index < -0.39 is 10.8 Å². The summed E-state index contributed by atoms with van der Waals surface area (Å²) in [6.45, 7) is 1.92. The van der Waals surface area contributed by atoms with Crippen LogP contribution in [0.2, 0.25) is 5.02 Å². The number of nitrogens with zero attached hydrogens (tertiary/aromatic N) is 5. The molecule has 33 heavy (non-hydrogen) atoms. The number of rotatable bonds is 5. The van der Waals surface area contributed by atoms with Gasteiger partial charge in [-0.05, 0) is 44.9 Å². The Hall–Kier alpha value is -1.84. The Kier molecular flexibility index (Phi) is 4.26. The maximum Gasteiger partial charge on any atom is 0.227 e. The molecule has 0 bridgehead atoms. The second kappa shape index (κ2) is 6.86. The van der Waals surface area contributed by atoms with Gasteiger partial charge in [0.05, 0.1) is 38.4 Å². The quantitative estimate of drug-likeness (QED) is 0.664. The molecule has 2 aliphatic heterocycles. The van der Waals surface area contributed by atoms with Gasteiger partial charge in [-0.25, -0.2) is 15.0 Å². The minimum absolute atomic E-state index is 0.0693. The maximum atomic E-state index is 13.3. The molecular weight excluding hydrogens is 460 g/mol. The van der Waals surface area contributed by atoms with Crippen molar-refractivity contribution in [1.29, 1.82) is 0 Å². The standard InChI is InChI=1S/C23H27ClN6O2S/c24-15-9-25-18(26-10-15)14-6-21(7-14)11-30(12-21)20-27-16-8-23(4-5-23)33(32)17(16)19(28-20)29-22(13-31)2-1-3-22/h9-10,14,31H,1-8,11-13H2,(H,27,28,29)/t33-/m0/s1. The van der Waals surface area contributed by atoms with Crippen molar-refractivity contribution in [3.63, 3.8) is 0 Å². The van der Waals surface area contributed by atoms with E-state index in [0.29, 0.717) is 16.8 Å². The molecule has 2 aromatic heterocycles. The van der Waals surface area contributed by atoms with Crippen LogP contribution in [0.25, 0.3) is 0 Å². The monoisotopic (exact) mass is 486 g/mol. The number of aliphatic hydroxyl groups excluding tert-OH is 1. The van der Waals surface area contributed by atoms with Crippen LogP contribution in [0.5, 0.6) is 0 Å². The van der Waals surface area contributed by atoms with Gasteiger partial charge in [0.2, 0.25) is 5.95 Å². The fourth-order valence-electron chi connectivity index (χ4n) is 6.16. The van der Waals surface area contributed by atoms with E-state index >= 15 is 0 Å². The number of halogens is 1. The molecule has 1 saturated heterocycles. The number of nitrogens with one attached hydrogen (secondary N) is 1. The highest BCUT2D eigenvalue weighted by atomic mass is 35.5. The summed E-state index contributed by atoms with van der Waals surface area (Å²) >= 11 is 5.92. The second-order valence-corrected chi connectivity index (χ2v) is 13.2. The third kappa shape index (κ3) is 3.08. The van der Waals surface area contributed by atoms with E-state index in [2.05, 4.69) is 20.2 Å². The molecule has 4 heterocycles. The van der Waals surface area contributed by atoms with Crippen molar-refractivity contribution >= 4 is 34.2 Å². The van der Waals surface area contributed by atoms with Crippen LogP contribution < -0.4 is 10.2 Å². The predicted octanol–water partition coefficient (Wildman–Crippen LogP) is 2.83. The van der Waals surface area contributed by atoms with Crippen molar-refractivity contribution < 1.29 is 9.32 Å². The fourth-order valence-corrected chi connectivity index (χ4v) is 8.03. The zero-order valence-electron chi connectivity index (χ0n) is 18.4. The van der Waals surface area contributed by atoms with Crippen LogP contribution in [-0.4, -0.2) is 59.2 Å². The van der Waals surface area contributed by atoms with E-state index in [1.54, 1.807) is 12.4 Å². The molecule has 7 rings (SSSR count). The molecular formula is C23H27ClN6O2S. The van der Waals surface area contributed by atoms with Crippen LogP contribution in [0, 0.1) is 5.41 Å². The lowest BCUT2D eigenvalue weighted by atomic mass is 9.57. The molecule has 8 nitrogen and oxygen atoms in total. The summed E-state index contributed by atoms with van der Waals surface area (Å²) in [6, 6.07) is 0. The topological polar surface area (TPSA) is 104 Å². The third-order valence-corrected chi connectivity index (χ3v) is 10.8. The van der Waals surface area contributed by atoms with Gasteiger partial charge in [-0.2, -0.15) is 4.98 Å². The molecule has 10 heteroatoms. The van der Waals surface area contributed by atoms with Gasteiger partial charge in [-0.15, -0.1) is 0 Å². The minimum Gasteiger partial charge on any atom is -0.394 e. The van der Waals surface area contributed by atoms with Crippen molar-refractivity contribution in [1.82, 2.24) is 19.9 Å². The number of aromatic nitrogens is 4. The third-order valence-electron chi connectivity index (χ3n) is 8.50. The first-order chi connectivity index (χ1) is 15.9. The minimum atomic E-state index is -1.07. The molecule has 0 unspecified atom stereocenters. The Morgan fingerprint density at radius 1 is 1.15 bits per heavy atom. The van der Waals surface area contributed by atoms with Crippen molar-refractivity contribution in [2.24, 2.45) is 5.41 Å². The highest BCUT2D eigenvalue weighted by Gasteiger charge is 2.57. The van der Waals surface area contributed by atoms with Crippen LogP contribution in [0.4, 0.5) is 11.8 Å². The van der Waals surface area contributed by atoms with Crippen molar-refractivity contribution in [2.75, 3.05) is 29.9 Å². The summed E-state index contributed by atoms with van der Waals surface area (Å²) in [5.41, 5.74) is 0.885. The number of aliphatic hydroxyl groups is 1. The number of fused-ring (bicyclic) bond motifs is 1. The van der Waals surface area contributed by atoms with Crippen LogP contribution in [-0.2, 0) is 17.2 Å². The van der Waals surface area contributed by atoms with Crippen LogP contribution in [0.1, 0.15) is 62.4 Å². The van der Waals surface area contributed by atoms with E-state index in [1.807, 2.05) is 0 Å². The van der Waals surface area contributed by atoms with Gasteiger partial charge in [0, 0.05) is 43.2 Å². The molecule has 174 valence electrons. The Bertz CT molecular complexity index is 1150. The first-order valence-corrected chi connectivity index (χ1v) is 13.4. The maximum absolute atomic E-state index is 13.3. The molecule has 3 saturated carbocycles. The summed E-state index contributed by atoms with van der Waals surface area (Å²) in [6.07, 6.45) is 11.2. The number of anilines is 2. The van der Waals surface area contributed by atoms with Gasteiger partial charge in [-0.3, -0.25) is 4.21 Å². The van der Waals surface area contributed by atoms with Crippen molar-refractivity contribution in [2.45, 2.75) is 72.5 Å². The lowest BCUT2D eigenvalue weighted by Crippen LogP contribution is -2.62. The molecule has 3 aliphatic carbocycles. The fraction of sp³-hybridized carbons (Fsp3) is 0.652. The molecule has 2 aromatic rings. The van der Waals surface area contributed by atoms with Crippen LogP contribution in [0.15, 0.2) is 17.3 Å². The summed E-state index contributed by atoms with van der Waals surface area (Å²) in [5, 5.41) is 14.1. The number of hydrogen-bond donors (Lipinski definition) is 2. The molecule has 0 aromatic carbocycles. The zero-order valence-corrected chi connectivity index (χ0v) is 20.0. The highest BCUT2D eigenvalue weighted by molar-refractivity contribution is 7.87. The van der Waals surface area contributed by atoms with E-state index in [-0.39, 0.29) is 22.3 Å². The average Bonchev–Trinajstić information content (AvgIpc) is 3.44. The van der Waals surface area contributed by atoms with E-state index in [9.17, 15) is 9.32 Å². The van der Waals surface area contributed by atoms with Gasteiger partial charge in [0.1, 0.15) is 16.5 Å². The van der Waals surface area contributed by atoms with Gasteiger partial charge >= 0.3 is 0 Å². The molecule has 0 radical (unpaired) electrons. The lowest BCUT2D eigenvalue weighted by molar-refractivity contribution is 0.0582. The summed E-state index contributed by atoms with van der Waals surface area (Å²) in [4.78, 5) is 21.6. The van der Waals surface area contributed by atoms with Crippen LogP contribution >= 0.6 is 11.6 Å². The molecule has 2 N–H and O–H groups in total. The highest BCUT2D eigenvalue weighted by Crippen LogP contribution is 2.57. The Labute approximate surface area is 200 Å². The largest absolute Gasteiger partial charge is 0.394 e. The smallest absolute Gasteiger partial charge is 0.227 e. The van der Waals surface area contributed by atoms with Gasteiger partial charge in [-0.1, -0.05) is 11.6 Å². The Morgan fingerprint density at radius 2 is 1.88 bits per heavy atom. The van der Waals surface area contributed by atoms with E-state index in [1.165, 1.54) is 0 Å². The van der Waals surface area contributed by atoms with Gasteiger partial charge in [0.25, 0.3) is 0 Å². The Morgan fingerprint density at radius 3 is 2.48 bits per heavy atom. The average molecular weight is 487 g/mol. The van der Waals surface area contributed by atoms with Gasteiger partial charge in [0.15, 0.2) is 0 Å². The molecule has 2 spiro atoms. The molecule has 1 atom stereocenters. The molecule has 4 fully saturated rings. The predicted molar refractivity (Wildman–Crippen MR) is 125 cm³/mol. The molecule has 5 aliphatic rings. The normalized spacial score (nSPS) is 27.6. The van der Waals surface area contributed by atoms with Crippen LogP contribution in [0.3, 0.4) is 0 Å². The first-order valence-electron chi connectivity index (χ1n) is 11.9. The van der Waals surface area contributed by atoms with Crippen molar-refractivity contribution in [3.8, 4) is 0 Å². The summed E-state index contributed by atoms with van der Waals surface area (Å²) < 4.78 is 13.2. The zero-order chi connectivity index (χ0) is 22.4. The summed E-state index contributed by atoms with van der Waals surface area (Å²) in [5.74, 6) is 2.70. The van der Waals surface area contributed by atoms with Crippen molar-refractivity contribution in [3.05, 3.63) is 28.9 Å². The summed E-state index contributed by atoms with van der Waals surface area (Å²) in [7, 11) is -1.07. The molecule has 0 amide bonds. The number of hydrogen-bond acceptors (Lipinski definition) is 8. The SMILES string of the molecule is O=[S@]1c2c(nc(N3CC4(CC(c5ncc(Cl)cn5)C4)C3)nc2NC2(CO)CCC2)CC12CC2. The second-order valence-electron chi connectivity index (χ2n) is 10.9.